The third kappa shape index (κ3) is 4.38. The number of anilines is 2. The summed E-state index contributed by atoms with van der Waals surface area (Å²) in [4.78, 5) is 23.7. The molecule has 0 atom stereocenters. The number of benzene rings is 2. The lowest BCUT2D eigenvalue weighted by atomic mass is 10.2. The summed E-state index contributed by atoms with van der Waals surface area (Å²) in [5.74, 6) is -0.836. The third-order valence-electron chi connectivity index (χ3n) is 3.37. The van der Waals surface area contributed by atoms with Crippen LogP contribution in [0.4, 0.5) is 25.0 Å². The molecule has 136 valence electrons. The first-order chi connectivity index (χ1) is 12.3. The highest BCUT2D eigenvalue weighted by Gasteiger charge is 2.43. The Bertz CT molecular complexity index is 858. The molecule has 2 aromatic rings. The average molecular weight is 363 g/mol. The van der Waals surface area contributed by atoms with Crippen LogP contribution in [0.25, 0.3) is 0 Å². The largest absolute Gasteiger partial charge is 0.586 e. The maximum atomic E-state index is 13.0. The number of carbonyl (C=O) groups excluding carboxylic acids is 2. The molecule has 26 heavy (non-hydrogen) atoms. The van der Waals surface area contributed by atoms with E-state index < -0.39 is 18.2 Å². The minimum atomic E-state index is -3.72. The number of aryl methyl sites for hydroxylation is 1. The van der Waals surface area contributed by atoms with Crippen molar-refractivity contribution < 1.29 is 27.8 Å². The summed E-state index contributed by atoms with van der Waals surface area (Å²) in [7, 11) is 0. The van der Waals surface area contributed by atoms with Gasteiger partial charge in [-0.05, 0) is 36.8 Å². The Balaban J connectivity index is 1.50. The summed E-state index contributed by atoms with van der Waals surface area (Å²) < 4.78 is 34.5. The zero-order valence-electron chi connectivity index (χ0n) is 13.6. The summed E-state index contributed by atoms with van der Waals surface area (Å²) in [6.45, 7) is 1.58. The normalized spacial score (nSPS) is 13.8. The second kappa shape index (κ2) is 6.87. The van der Waals surface area contributed by atoms with E-state index in [-0.39, 0.29) is 23.7 Å². The van der Waals surface area contributed by atoms with Crippen molar-refractivity contribution in [1.29, 1.82) is 0 Å². The van der Waals surface area contributed by atoms with Crippen LogP contribution in [0.15, 0.2) is 42.5 Å². The molecule has 0 radical (unpaired) electrons. The summed E-state index contributed by atoms with van der Waals surface area (Å²) in [6.07, 6.45) is -3.72. The van der Waals surface area contributed by atoms with Crippen LogP contribution in [0.1, 0.15) is 5.56 Å². The number of halogens is 2. The van der Waals surface area contributed by atoms with E-state index >= 15 is 0 Å². The Morgan fingerprint density at radius 1 is 1.00 bits per heavy atom. The van der Waals surface area contributed by atoms with E-state index in [2.05, 4.69) is 25.4 Å². The van der Waals surface area contributed by atoms with Crippen molar-refractivity contribution in [2.45, 2.75) is 13.2 Å². The second-order valence-electron chi connectivity index (χ2n) is 5.55. The fourth-order valence-corrected chi connectivity index (χ4v) is 2.29. The van der Waals surface area contributed by atoms with Crippen molar-refractivity contribution >= 4 is 23.3 Å². The van der Waals surface area contributed by atoms with Crippen molar-refractivity contribution in [3.05, 3.63) is 48.0 Å². The van der Waals surface area contributed by atoms with Gasteiger partial charge in [0.25, 0.3) is 0 Å². The molecule has 1 aliphatic rings. The number of hydrogen-bond donors (Lipinski definition) is 3. The van der Waals surface area contributed by atoms with Crippen LogP contribution >= 0.6 is 0 Å². The van der Waals surface area contributed by atoms with E-state index in [0.29, 0.717) is 5.69 Å². The van der Waals surface area contributed by atoms with E-state index in [1.54, 1.807) is 18.2 Å². The molecule has 3 rings (SSSR count). The van der Waals surface area contributed by atoms with E-state index in [0.717, 1.165) is 5.56 Å². The van der Waals surface area contributed by atoms with Gasteiger partial charge >= 0.3 is 12.3 Å². The fourth-order valence-electron chi connectivity index (χ4n) is 2.29. The Kier molecular flexibility index (Phi) is 4.61. The van der Waals surface area contributed by atoms with Gasteiger partial charge in [0.15, 0.2) is 11.5 Å². The topological polar surface area (TPSA) is 88.7 Å². The van der Waals surface area contributed by atoms with Gasteiger partial charge in [-0.3, -0.25) is 4.79 Å². The SMILES string of the molecule is Cc1cccc(NC(=O)NCC(=O)Nc2ccc3c(c2)OC(F)(F)O3)c1. The minimum absolute atomic E-state index is 0.122. The molecule has 0 saturated carbocycles. The zero-order chi connectivity index (χ0) is 18.7. The van der Waals surface area contributed by atoms with Crippen LogP contribution < -0.4 is 25.4 Å². The van der Waals surface area contributed by atoms with E-state index in [1.165, 1.54) is 18.2 Å². The molecule has 0 bridgehead atoms. The number of hydrogen-bond acceptors (Lipinski definition) is 4. The molecule has 7 nitrogen and oxygen atoms in total. The number of amides is 3. The monoisotopic (exact) mass is 363 g/mol. The number of rotatable bonds is 4. The van der Waals surface area contributed by atoms with Gasteiger partial charge in [0.05, 0.1) is 6.54 Å². The first-order valence-electron chi connectivity index (χ1n) is 7.62. The van der Waals surface area contributed by atoms with Gasteiger partial charge in [0.2, 0.25) is 5.91 Å². The van der Waals surface area contributed by atoms with Crippen LogP contribution in [0.2, 0.25) is 0 Å². The van der Waals surface area contributed by atoms with E-state index in [4.69, 9.17) is 0 Å². The van der Waals surface area contributed by atoms with Crippen LogP contribution in [0.3, 0.4) is 0 Å². The van der Waals surface area contributed by atoms with Crippen LogP contribution in [-0.2, 0) is 4.79 Å². The predicted molar refractivity (Wildman–Crippen MR) is 89.5 cm³/mol. The summed E-state index contributed by atoms with van der Waals surface area (Å²) in [5.41, 5.74) is 1.81. The Morgan fingerprint density at radius 2 is 1.73 bits per heavy atom. The van der Waals surface area contributed by atoms with Crippen molar-refractivity contribution in [3.8, 4) is 11.5 Å². The highest BCUT2D eigenvalue weighted by Crippen LogP contribution is 2.42. The lowest BCUT2D eigenvalue weighted by Crippen LogP contribution is -2.35. The van der Waals surface area contributed by atoms with Crippen LogP contribution in [-0.4, -0.2) is 24.8 Å². The second-order valence-corrected chi connectivity index (χ2v) is 5.55. The molecule has 9 heteroatoms. The maximum Gasteiger partial charge on any atom is 0.586 e. The standard InChI is InChI=1S/C17H15F2N3O4/c1-10-3-2-4-11(7-10)22-16(24)20-9-15(23)21-12-5-6-13-14(8-12)26-17(18,19)25-13/h2-8H,9H2,1H3,(H,21,23)(H2,20,22,24). The van der Waals surface area contributed by atoms with Gasteiger partial charge in [0, 0.05) is 17.4 Å². The molecule has 0 aromatic heterocycles. The number of alkyl halides is 2. The van der Waals surface area contributed by atoms with E-state index in [1.807, 2.05) is 13.0 Å². The van der Waals surface area contributed by atoms with Gasteiger partial charge in [-0.1, -0.05) is 12.1 Å². The van der Waals surface area contributed by atoms with Crippen molar-refractivity contribution in [3.63, 3.8) is 0 Å². The molecule has 0 aliphatic carbocycles. The lowest BCUT2D eigenvalue weighted by Gasteiger charge is -2.09. The molecular weight excluding hydrogens is 348 g/mol. The first kappa shape index (κ1) is 17.5. The molecule has 0 unspecified atom stereocenters. The van der Waals surface area contributed by atoms with Gasteiger partial charge in [-0.2, -0.15) is 0 Å². The van der Waals surface area contributed by atoms with Gasteiger partial charge in [-0.25, -0.2) is 4.79 Å². The summed E-state index contributed by atoms with van der Waals surface area (Å²) in [5, 5.41) is 7.46. The number of ether oxygens (including phenoxy) is 2. The van der Waals surface area contributed by atoms with Crippen molar-refractivity contribution in [2.24, 2.45) is 0 Å². The molecule has 3 N–H and O–H groups in total. The van der Waals surface area contributed by atoms with Gasteiger partial charge in [-0.15, -0.1) is 8.78 Å². The summed E-state index contributed by atoms with van der Waals surface area (Å²) >= 11 is 0. The quantitative estimate of drug-likeness (QED) is 0.779. The van der Waals surface area contributed by atoms with Gasteiger partial charge in [0.1, 0.15) is 0 Å². The zero-order valence-corrected chi connectivity index (χ0v) is 13.6. The molecular formula is C17H15F2N3O4. The van der Waals surface area contributed by atoms with Gasteiger partial charge < -0.3 is 25.4 Å². The smallest absolute Gasteiger partial charge is 0.395 e. The molecule has 3 amide bonds. The molecule has 0 fully saturated rings. The number of nitrogens with one attached hydrogen (secondary N) is 3. The number of carbonyl (C=O) groups is 2. The lowest BCUT2D eigenvalue weighted by molar-refractivity contribution is -0.286. The van der Waals surface area contributed by atoms with Crippen molar-refractivity contribution in [2.75, 3.05) is 17.2 Å². The highest BCUT2D eigenvalue weighted by atomic mass is 19.3. The Hall–Kier alpha value is -3.36. The molecule has 1 heterocycles. The molecule has 0 saturated heterocycles. The third-order valence-corrected chi connectivity index (χ3v) is 3.37. The minimum Gasteiger partial charge on any atom is -0.395 e. The number of urea groups is 1. The fraction of sp³-hybridized carbons (Fsp3) is 0.176. The van der Waals surface area contributed by atoms with E-state index in [9.17, 15) is 18.4 Å². The predicted octanol–water partition coefficient (Wildman–Crippen LogP) is 3.08. The Labute approximate surface area is 147 Å². The first-order valence-corrected chi connectivity index (χ1v) is 7.62. The highest BCUT2D eigenvalue weighted by molar-refractivity contribution is 5.97. The molecule has 0 spiro atoms. The Morgan fingerprint density at radius 3 is 2.50 bits per heavy atom. The van der Waals surface area contributed by atoms with Crippen molar-refractivity contribution in [1.82, 2.24) is 5.32 Å². The average Bonchev–Trinajstić information content (AvgIpc) is 2.86. The van der Waals surface area contributed by atoms with Crippen LogP contribution in [0.5, 0.6) is 11.5 Å². The molecule has 2 aromatic carbocycles. The summed E-state index contributed by atoms with van der Waals surface area (Å²) in [6, 6.07) is 10.5. The molecule has 1 aliphatic heterocycles. The number of fused-ring (bicyclic) bond motifs is 1. The maximum absolute atomic E-state index is 13.0. The van der Waals surface area contributed by atoms with Crippen LogP contribution in [0, 0.1) is 6.92 Å².